The van der Waals surface area contributed by atoms with E-state index in [9.17, 15) is 4.79 Å². The summed E-state index contributed by atoms with van der Waals surface area (Å²) in [6, 6.07) is 8.16. The highest BCUT2D eigenvalue weighted by Crippen LogP contribution is 2.29. The minimum atomic E-state index is 0.0848. The van der Waals surface area contributed by atoms with Crippen LogP contribution in [0.4, 0.5) is 11.4 Å². The Morgan fingerprint density at radius 2 is 2.00 bits per heavy atom. The second kappa shape index (κ2) is 5.83. The summed E-state index contributed by atoms with van der Waals surface area (Å²) >= 11 is 0. The Balaban J connectivity index is 1.75. The molecular formula is C16H23N3O. The number of rotatable bonds is 3. The zero-order chi connectivity index (χ0) is 13.9. The highest BCUT2D eigenvalue weighted by Gasteiger charge is 2.30. The van der Waals surface area contributed by atoms with Crippen molar-refractivity contribution >= 4 is 17.3 Å². The molecule has 0 radical (unpaired) electrons. The number of hydrogen-bond acceptors (Lipinski definition) is 3. The van der Waals surface area contributed by atoms with E-state index in [1.807, 2.05) is 18.2 Å². The fourth-order valence-electron chi connectivity index (χ4n) is 3.20. The van der Waals surface area contributed by atoms with E-state index < -0.39 is 0 Å². The molecule has 2 aliphatic heterocycles. The number of anilines is 2. The molecule has 0 bridgehead atoms. The van der Waals surface area contributed by atoms with Crippen LogP contribution in [0.3, 0.4) is 0 Å². The van der Waals surface area contributed by atoms with Crippen LogP contribution >= 0.6 is 0 Å². The Kier molecular flexibility index (Phi) is 3.92. The maximum absolute atomic E-state index is 12.4. The zero-order valence-corrected chi connectivity index (χ0v) is 12.1. The van der Waals surface area contributed by atoms with Crippen LogP contribution < -0.4 is 15.5 Å². The molecule has 20 heavy (non-hydrogen) atoms. The van der Waals surface area contributed by atoms with Crippen molar-refractivity contribution in [3.63, 3.8) is 0 Å². The number of carbonyl (C=O) groups is 1. The van der Waals surface area contributed by atoms with E-state index in [-0.39, 0.29) is 11.8 Å². The lowest BCUT2D eigenvalue weighted by Gasteiger charge is -2.22. The molecule has 1 amide bonds. The minimum absolute atomic E-state index is 0.0848. The average Bonchev–Trinajstić information content (AvgIpc) is 3.10. The summed E-state index contributed by atoms with van der Waals surface area (Å²) in [5, 5.41) is 6.43. The van der Waals surface area contributed by atoms with Crippen LogP contribution in [0.25, 0.3) is 0 Å². The van der Waals surface area contributed by atoms with Gasteiger partial charge in [-0.15, -0.1) is 0 Å². The monoisotopic (exact) mass is 273 g/mol. The van der Waals surface area contributed by atoms with E-state index in [2.05, 4.69) is 28.5 Å². The molecule has 2 atom stereocenters. The molecule has 1 aromatic rings. The standard InChI is InChI=1S/C16H23N3O/c1-12-10-17-11-13(12)16(20)18-14-6-2-3-7-15(14)19-8-4-5-9-19/h2-3,6-7,12-13,17H,4-5,8-11H2,1H3,(H,18,20). The Morgan fingerprint density at radius 1 is 1.25 bits per heavy atom. The van der Waals surface area contributed by atoms with Gasteiger partial charge >= 0.3 is 0 Å². The highest BCUT2D eigenvalue weighted by atomic mass is 16.2. The molecule has 108 valence electrons. The van der Waals surface area contributed by atoms with Gasteiger partial charge in [-0.1, -0.05) is 19.1 Å². The van der Waals surface area contributed by atoms with Crippen molar-refractivity contribution in [1.82, 2.24) is 5.32 Å². The van der Waals surface area contributed by atoms with Gasteiger partial charge in [0.2, 0.25) is 5.91 Å². The van der Waals surface area contributed by atoms with Gasteiger partial charge in [0.1, 0.15) is 0 Å². The number of benzene rings is 1. The van der Waals surface area contributed by atoms with E-state index in [4.69, 9.17) is 0 Å². The zero-order valence-electron chi connectivity index (χ0n) is 12.1. The molecule has 2 saturated heterocycles. The fraction of sp³-hybridized carbons (Fsp3) is 0.562. The van der Waals surface area contributed by atoms with Crippen LogP contribution in [-0.4, -0.2) is 32.1 Å². The van der Waals surface area contributed by atoms with Gasteiger partial charge in [0.05, 0.1) is 17.3 Å². The van der Waals surface area contributed by atoms with Gasteiger partial charge in [0, 0.05) is 19.6 Å². The topological polar surface area (TPSA) is 44.4 Å². The summed E-state index contributed by atoms with van der Waals surface area (Å²) in [5.41, 5.74) is 2.12. The van der Waals surface area contributed by atoms with Crippen molar-refractivity contribution in [2.45, 2.75) is 19.8 Å². The molecule has 2 N–H and O–H groups in total. The first-order valence-corrected chi connectivity index (χ1v) is 7.61. The van der Waals surface area contributed by atoms with Crippen LogP contribution in [0.15, 0.2) is 24.3 Å². The minimum Gasteiger partial charge on any atom is -0.370 e. The van der Waals surface area contributed by atoms with Gasteiger partial charge in [-0.2, -0.15) is 0 Å². The fourth-order valence-corrected chi connectivity index (χ4v) is 3.20. The quantitative estimate of drug-likeness (QED) is 0.886. The summed E-state index contributed by atoms with van der Waals surface area (Å²) in [5.74, 6) is 0.643. The smallest absolute Gasteiger partial charge is 0.229 e. The van der Waals surface area contributed by atoms with Gasteiger partial charge in [0.25, 0.3) is 0 Å². The molecule has 0 spiro atoms. The van der Waals surface area contributed by atoms with Gasteiger partial charge < -0.3 is 15.5 Å². The van der Waals surface area contributed by atoms with E-state index in [1.165, 1.54) is 12.8 Å². The molecule has 2 aliphatic rings. The molecule has 0 saturated carbocycles. The van der Waals surface area contributed by atoms with Crippen LogP contribution in [0.5, 0.6) is 0 Å². The summed E-state index contributed by atoms with van der Waals surface area (Å²) in [4.78, 5) is 14.8. The average molecular weight is 273 g/mol. The molecule has 0 aliphatic carbocycles. The molecule has 2 heterocycles. The van der Waals surface area contributed by atoms with Crippen LogP contribution in [0.1, 0.15) is 19.8 Å². The Hall–Kier alpha value is -1.55. The molecule has 3 rings (SSSR count). The maximum atomic E-state index is 12.4. The predicted molar refractivity (Wildman–Crippen MR) is 82.0 cm³/mol. The lowest BCUT2D eigenvalue weighted by Crippen LogP contribution is -2.29. The first-order valence-electron chi connectivity index (χ1n) is 7.61. The summed E-state index contributed by atoms with van der Waals surface area (Å²) in [6.07, 6.45) is 2.48. The summed E-state index contributed by atoms with van der Waals surface area (Å²) in [6.45, 7) is 6.05. The van der Waals surface area contributed by atoms with Gasteiger partial charge in [-0.05, 0) is 37.4 Å². The first kappa shape index (κ1) is 13.4. The lowest BCUT2D eigenvalue weighted by atomic mass is 9.97. The third-order valence-corrected chi connectivity index (χ3v) is 4.46. The number of carbonyl (C=O) groups excluding carboxylic acids is 1. The Bertz CT molecular complexity index is 482. The molecule has 4 heteroatoms. The number of amides is 1. The lowest BCUT2D eigenvalue weighted by molar-refractivity contribution is -0.120. The number of nitrogens with zero attached hydrogens (tertiary/aromatic N) is 1. The molecule has 1 aromatic carbocycles. The number of nitrogens with one attached hydrogen (secondary N) is 2. The van der Waals surface area contributed by atoms with Crippen molar-refractivity contribution < 1.29 is 4.79 Å². The summed E-state index contributed by atoms with van der Waals surface area (Å²) in [7, 11) is 0. The molecule has 2 unspecified atom stereocenters. The first-order chi connectivity index (χ1) is 9.75. The Labute approximate surface area is 120 Å². The molecule has 0 aromatic heterocycles. The second-order valence-corrected chi connectivity index (χ2v) is 5.94. The van der Waals surface area contributed by atoms with Crippen LogP contribution in [0.2, 0.25) is 0 Å². The van der Waals surface area contributed by atoms with Crippen molar-refractivity contribution in [3.05, 3.63) is 24.3 Å². The second-order valence-electron chi connectivity index (χ2n) is 5.94. The SMILES string of the molecule is CC1CNCC1C(=O)Nc1ccccc1N1CCCC1. The van der Waals surface area contributed by atoms with Crippen LogP contribution in [0, 0.1) is 11.8 Å². The molecule has 4 nitrogen and oxygen atoms in total. The predicted octanol–water partition coefficient (Wildman–Crippen LogP) is 2.08. The van der Waals surface area contributed by atoms with Crippen molar-refractivity contribution in [2.24, 2.45) is 11.8 Å². The van der Waals surface area contributed by atoms with Crippen molar-refractivity contribution in [3.8, 4) is 0 Å². The third-order valence-electron chi connectivity index (χ3n) is 4.46. The number of para-hydroxylation sites is 2. The summed E-state index contributed by atoms with van der Waals surface area (Å²) < 4.78 is 0. The Morgan fingerprint density at radius 3 is 2.70 bits per heavy atom. The van der Waals surface area contributed by atoms with Crippen LogP contribution in [-0.2, 0) is 4.79 Å². The largest absolute Gasteiger partial charge is 0.370 e. The van der Waals surface area contributed by atoms with E-state index in [1.54, 1.807) is 0 Å². The van der Waals surface area contributed by atoms with Gasteiger partial charge in [-0.3, -0.25) is 4.79 Å². The van der Waals surface area contributed by atoms with E-state index in [0.717, 1.165) is 37.6 Å². The highest BCUT2D eigenvalue weighted by molar-refractivity contribution is 5.96. The van der Waals surface area contributed by atoms with Gasteiger partial charge in [0.15, 0.2) is 0 Å². The molecule has 2 fully saturated rings. The normalized spacial score (nSPS) is 25.9. The number of hydrogen-bond donors (Lipinski definition) is 2. The molecular weight excluding hydrogens is 250 g/mol. The third kappa shape index (κ3) is 2.66. The van der Waals surface area contributed by atoms with Crippen molar-refractivity contribution in [2.75, 3.05) is 36.4 Å². The van der Waals surface area contributed by atoms with E-state index in [0.29, 0.717) is 5.92 Å². The van der Waals surface area contributed by atoms with E-state index >= 15 is 0 Å². The maximum Gasteiger partial charge on any atom is 0.229 e. The van der Waals surface area contributed by atoms with Crippen molar-refractivity contribution in [1.29, 1.82) is 0 Å². The van der Waals surface area contributed by atoms with Gasteiger partial charge in [-0.25, -0.2) is 0 Å².